The molecule has 1 N–H and O–H groups in total. The third-order valence-electron chi connectivity index (χ3n) is 3.27. The first-order valence-corrected chi connectivity index (χ1v) is 8.82. The van der Waals surface area contributed by atoms with Crippen LogP contribution in [0.25, 0.3) is 0 Å². The van der Waals surface area contributed by atoms with Gasteiger partial charge in [0.15, 0.2) is 6.61 Å². The maximum atomic E-state index is 12.0. The first kappa shape index (κ1) is 18.0. The van der Waals surface area contributed by atoms with Crippen LogP contribution in [0.4, 0.5) is 5.69 Å². The lowest BCUT2D eigenvalue weighted by molar-refractivity contribution is -0.118. The predicted molar refractivity (Wildman–Crippen MR) is 101 cm³/mol. The van der Waals surface area contributed by atoms with Crippen LogP contribution in [-0.2, 0) is 10.2 Å². The SMILES string of the molecule is CC(C)(C)c1ccc(OCC(=O)Nc2cccc(Br)c2)c(Br)c1. The van der Waals surface area contributed by atoms with Crippen LogP contribution in [0, 0.1) is 0 Å². The lowest BCUT2D eigenvalue weighted by Crippen LogP contribution is -2.20. The van der Waals surface area contributed by atoms with Crippen molar-refractivity contribution in [1.29, 1.82) is 0 Å². The van der Waals surface area contributed by atoms with E-state index in [1.165, 1.54) is 5.56 Å². The largest absolute Gasteiger partial charge is 0.483 e. The van der Waals surface area contributed by atoms with Crippen LogP contribution >= 0.6 is 31.9 Å². The van der Waals surface area contributed by atoms with Gasteiger partial charge >= 0.3 is 0 Å². The number of nitrogens with one attached hydrogen (secondary N) is 1. The molecular weight excluding hydrogens is 422 g/mol. The van der Waals surface area contributed by atoms with Crippen molar-refractivity contribution in [1.82, 2.24) is 0 Å². The third-order valence-corrected chi connectivity index (χ3v) is 4.38. The maximum Gasteiger partial charge on any atom is 0.262 e. The van der Waals surface area contributed by atoms with E-state index >= 15 is 0 Å². The van der Waals surface area contributed by atoms with Gasteiger partial charge in [0.1, 0.15) is 5.75 Å². The fourth-order valence-electron chi connectivity index (χ4n) is 1.99. The molecule has 2 rings (SSSR count). The molecule has 23 heavy (non-hydrogen) atoms. The van der Waals surface area contributed by atoms with Gasteiger partial charge in [-0.25, -0.2) is 0 Å². The molecule has 0 radical (unpaired) electrons. The summed E-state index contributed by atoms with van der Waals surface area (Å²) in [6.07, 6.45) is 0. The molecule has 0 aliphatic rings. The first-order valence-electron chi connectivity index (χ1n) is 7.24. The van der Waals surface area contributed by atoms with E-state index in [4.69, 9.17) is 4.74 Å². The number of halogens is 2. The lowest BCUT2D eigenvalue weighted by Gasteiger charge is -2.20. The van der Waals surface area contributed by atoms with Crippen molar-refractivity contribution < 1.29 is 9.53 Å². The number of anilines is 1. The average molecular weight is 441 g/mol. The second-order valence-corrected chi connectivity index (χ2v) is 8.01. The molecular formula is C18H19Br2NO2. The molecule has 0 saturated heterocycles. The van der Waals surface area contributed by atoms with E-state index in [0.717, 1.165) is 14.6 Å². The highest BCUT2D eigenvalue weighted by atomic mass is 79.9. The minimum Gasteiger partial charge on any atom is -0.483 e. The Balaban J connectivity index is 1.97. The van der Waals surface area contributed by atoms with Crippen molar-refractivity contribution in [2.24, 2.45) is 0 Å². The Kier molecular flexibility index (Phi) is 5.87. The smallest absolute Gasteiger partial charge is 0.262 e. The highest BCUT2D eigenvalue weighted by Crippen LogP contribution is 2.31. The fourth-order valence-corrected chi connectivity index (χ4v) is 2.88. The van der Waals surface area contributed by atoms with Gasteiger partial charge in [0.2, 0.25) is 0 Å². The molecule has 0 heterocycles. The van der Waals surface area contributed by atoms with Gasteiger partial charge < -0.3 is 10.1 Å². The molecule has 0 aliphatic heterocycles. The molecule has 3 nitrogen and oxygen atoms in total. The van der Waals surface area contributed by atoms with Gasteiger partial charge in [-0.2, -0.15) is 0 Å². The summed E-state index contributed by atoms with van der Waals surface area (Å²) in [5.41, 5.74) is 2.00. The Morgan fingerprint density at radius 1 is 1.13 bits per heavy atom. The second-order valence-electron chi connectivity index (χ2n) is 6.24. The quantitative estimate of drug-likeness (QED) is 0.678. The van der Waals surface area contributed by atoms with Gasteiger partial charge in [0.25, 0.3) is 5.91 Å². The number of hydrogen-bond acceptors (Lipinski definition) is 2. The highest BCUT2D eigenvalue weighted by Gasteiger charge is 2.15. The van der Waals surface area contributed by atoms with E-state index in [-0.39, 0.29) is 17.9 Å². The van der Waals surface area contributed by atoms with Gasteiger partial charge in [0.05, 0.1) is 4.47 Å². The summed E-state index contributed by atoms with van der Waals surface area (Å²) < 4.78 is 7.36. The number of ether oxygens (including phenoxy) is 1. The van der Waals surface area contributed by atoms with Crippen molar-refractivity contribution in [3.63, 3.8) is 0 Å². The molecule has 2 aromatic rings. The van der Waals surface area contributed by atoms with Gasteiger partial charge in [0, 0.05) is 10.2 Å². The van der Waals surface area contributed by atoms with Crippen LogP contribution in [-0.4, -0.2) is 12.5 Å². The van der Waals surface area contributed by atoms with Crippen molar-refractivity contribution in [2.75, 3.05) is 11.9 Å². The zero-order valence-corrected chi connectivity index (χ0v) is 16.5. The molecule has 5 heteroatoms. The number of carbonyl (C=O) groups is 1. The third kappa shape index (κ3) is 5.36. The first-order chi connectivity index (χ1) is 10.8. The Morgan fingerprint density at radius 2 is 1.87 bits per heavy atom. The number of carbonyl (C=O) groups excluding carboxylic acids is 1. The summed E-state index contributed by atoms with van der Waals surface area (Å²) >= 11 is 6.87. The molecule has 0 saturated carbocycles. The molecule has 0 bridgehead atoms. The summed E-state index contributed by atoms with van der Waals surface area (Å²) in [7, 11) is 0. The van der Waals surface area contributed by atoms with Gasteiger partial charge in [-0.3, -0.25) is 4.79 Å². The van der Waals surface area contributed by atoms with Crippen LogP contribution in [0.5, 0.6) is 5.75 Å². The Bertz CT molecular complexity index is 708. The van der Waals surface area contributed by atoms with E-state index in [2.05, 4.69) is 57.9 Å². The standard InChI is InChI=1S/C18H19Br2NO2/c1-18(2,3)12-7-8-16(15(20)9-12)23-11-17(22)21-14-6-4-5-13(19)10-14/h4-10H,11H2,1-3H3,(H,21,22). The monoisotopic (exact) mass is 439 g/mol. The Labute approximate surface area is 153 Å². The molecule has 0 spiro atoms. The summed E-state index contributed by atoms with van der Waals surface area (Å²) in [4.78, 5) is 12.0. The van der Waals surface area contributed by atoms with Crippen LogP contribution < -0.4 is 10.1 Å². The van der Waals surface area contributed by atoms with E-state index in [9.17, 15) is 4.79 Å². The summed E-state index contributed by atoms with van der Waals surface area (Å²) in [6.45, 7) is 6.42. The average Bonchev–Trinajstić information content (AvgIpc) is 2.45. The summed E-state index contributed by atoms with van der Waals surface area (Å²) in [5, 5.41) is 2.80. The molecule has 0 aliphatic carbocycles. The molecule has 122 valence electrons. The molecule has 0 aromatic heterocycles. The second kappa shape index (κ2) is 7.49. The molecule has 1 amide bonds. The number of rotatable bonds is 4. The van der Waals surface area contributed by atoms with Crippen molar-refractivity contribution in [3.8, 4) is 5.75 Å². The lowest BCUT2D eigenvalue weighted by atomic mass is 9.87. The minimum absolute atomic E-state index is 0.0417. The normalized spacial score (nSPS) is 11.2. The summed E-state index contributed by atoms with van der Waals surface area (Å²) in [6, 6.07) is 13.4. The van der Waals surface area contributed by atoms with Crippen LogP contribution in [0.2, 0.25) is 0 Å². The number of hydrogen-bond donors (Lipinski definition) is 1. The molecule has 0 unspecified atom stereocenters. The van der Waals surface area contributed by atoms with Crippen LogP contribution in [0.3, 0.4) is 0 Å². The zero-order chi connectivity index (χ0) is 17.0. The maximum absolute atomic E-state index is 12.0. The van der Waals surface area contributed by atoms with Crippen LogP contribution in [0.1, 0.15) is 26.3 Å². The van der Waals surface area contributed by atoms with Crippen molar-refractivity contribution in [3.05, 3.63) is 57.0 Å². The topological polar surface area (TPSA) is 38.3 Å². The van der Waals surface area contributed by atoms with E-state index in [1.807, 2.05) is 42.5 Å². The summed E-state index contributed by atoms with van der Waals surface area (Å²) in [5.74, 6) is 0.456. The molecule has 2 aromatic carbocycles. The zero-order valence-electron chi connectivity index (χ0n) is 13.3. The van der Waals surface area contributed by atoms with Gasteiger partial charge in [-0.05, 0) is 57.2 Å². The van der Waals surface area contributed by atoms with Gasteiger partial charge in [-0.15, -0.1) is 0 Å². The minimum atomic E-state index is -0.199. The van der Waals surface area contributed by atoms with E-state index in [1.54, 1.807) is 0 Å². The van der Waals surface area contributed by atoms with Crippen molar-refractivity contribution >= 4 is 43.5 Å². The van der Waals surface area contributed by atoms with Crippen molar-refractivity contribution in [2.45, 2.75) is 26.2 Å². The van der Waals surface area contributed by atoms with Gasteiger partial charge in [-0.1, -0.05) is 48.8 Å². The molecule has 0 fully saturated rings. The van der Waals surface area contributed by atoms with E-state index in [0.29, 0.717) is 5.75 Å². The Hall–Kier alpha value is -1.33. The fraction of sp³-hybridized carbons (Fsp3) is 0.278. The van der Waals surface area contributed by atoms with Crippen LogP contribution in [0.15, 0.2) is 51.4 Å². The number of benzene rings is 2. The Morgan fingerprint density at radius 3 is 2.48 bits per heavy atom. The molecule has 0 atom stereocenters. The number of amides is 1. The van der Waals surface area contributed by atoms with E-state index < -0.39 is 0 Å². The predicted octanol–water partition coefficient (Wildman–Crippen LogP) is 5.53. The highest BCUT2D eigenvalue weighted by molar-refractivity contribution is 9.10.